The van der Waals surface area contributed by atoms with Crippen LogP contribution in [0.25, 0.3) is 0 Å². The molecule has 0 amide bonds. The SMILES string of the molecule is Cc1nn(C)cc1N1CCC[C@@H](N(C)C)C1. The lowest BCUT2D eigenvalue weighted by molar-refractivity contribution is 0.258. The molecule has 16 heavy (non-hydrogen) atoms. The summed E-state index contributed by atoms with van der Waals surface area (Å²) in [6.07, 6.45) is 4.72. The van der Waals surface area contributed by atoms with Crippen molar-refractivity contribution >= 4 is 5.69 Å². The highest BCUT2D eigenvalue weighted by atomic mass is 15.3. The molecule has 0 unspecified atom stereocenters. The van der Waals surface area contributed by atoms with Crippen LogP contribution in [0.5, 0.6) is 0 Å². The first-order valence-corrected chi connectivity index (χ1v) is 5.99. The number of hydrogen-bond donors (Lipinski definition) is 0. The van der Waals surface area contributed by atoms with Crippen molar-refractivity contribution in [3.8, 4) is 0 Å². The highest BCUT2D eigenvalue weighted by molar-refractivity contribution is 5.49. The molecule has 1 aromatic rings. The molecular weight excluding hydrogens is 200 g/mol. The Morgan fingerprint density at radius 2 is 2.19 bits per heavy atom. The Balaban J connectivity index is 2.12. The van der Waals surface area contributed by atoms with Crippen LogP contribution >= 0.6 is 0 Å². The van der Waals surface area contributed by atoms with Gasteiger partial charge >= 0.3 is 0 Å². The zero-order valence-electron chi connectivity index (χ0n) is 10.8. The summed E-state index contributed by atoms with van der Waals surface area (Å²) in [7, 11) is 6.33. The van der Waals surface area contributed by atoms with E-state index in [1.54, 1.807) is 0 Å². The van der Waals surface area contributed by atoms with E-state index in [4.69, 9.17) is 0 Å². The molecule has 0 spiro atoms. The van der Waals surface area contributed by atoms with Crippen LogP contribution in [0, 0.1) is 6.92 Å². The monoisotopic (exact) mass is 222 g/mol. The number of aromatic nitrogens is 2. The van der Waals surface area contributed by atoms with E-state index in [1.165, 1.54) is 18.5 Å². The molecule has 0 aromatic carbocycles. The standard InChI is InChI=1S/C12H22N4/c1-10-12(9-15(4)13-10)16-7-5-6-11(8-16)14(2)3/h9,11H,5-8H2,1-4H3/t11-/m1/s1. The molecule has 0 aliphatic carbocycles. The molecule has 1 atom stereocenters. The van der Waals surface area contributed by atoms with E-state index in [-0.39, 0.29) is 0 Å². The van der Waals surface area contributed by atoms with E-state index >= 15 is 0 Å². The molecule has 0 bridgehead atoms. The van der Waals surface area contributed by atoms with E-state index in [2.05, 4.69) is 42.1 Å². The zero-order valence-corrected chi connectivity index (χ0v) is 10.8. The van der Waals surface area contributed by atoms with Crippen molar-refractivity contribution in [2.24, 2.45) is 7.05 Å². The van der Waals surface area contributed by atoms with Gasteiger partial charge in [-0.1, -0.05) is 0 Å². The topological polar surface area (TPSA) is 24.3 Å². The molecule has 1 fully saturated rings. The quantitative estimate of drug-likeness (QED) is 0.753. The maximum absolute atomic E-state index is 4.42. The number of anilines is 1. The highest BCUT2D eigenvalue weighted by Gasteiger charge is 2.23. The van der Waals surface area contributed by atoms with Crippen molar-refractivity contribution < 1.29 is 0 Å². The Morgan fingerprint density at radius 1 is 1.44 bits per heavy atom. The number of rotatable bonds is 2. The molecular formula is C12H22N4. The third kappa shape index (κ3) is 2.21. The third-order valence-electron chi connectivity index (χ3n) is 3.46. The van der Waals surface area contributed by atoms with Gasteiger partial charge in [-0.2, -0.15) is 5.10 Å². The predicted molar refractivity (Wildman–Crippen MR) is 66.9 cm³/mol. The summed E-state index contributed by atoms with van der Waals surface area (Å²) in [5.74, 6) is 0. The lowest BCUT2D eigenvalue weighted by atomic mass is 10.0. The van der Waals surface area contributed by atoms with Gasteiger partial charge in [0.05, 0.1) is 11.4 Å². The van der Waals surface area contributed by atoms with Crippen molar-refractivity contribution in [1.82, 2.24) is 14.7 Å². The van der Waals surface area contributed by atoms with E-state index < -0.39 is 0 Å². The van der Waals surface area contributed by atoms with Gasteiger partial charge in [0.2, 0.25) is 0 Å². The van der Waals surface area contributed by atoms with Crippen molar-refractivity contribution in [1.29, 1.82) is 0 Å². The fraction of sp³-hybridized carbons (Fsp3) is 0.750. The first kappa shape index (κ1) is 11.5. The first-order valence-electron chi connectivity index (χ1n) is 5.99. The second-order valence-electron chi connectivity index (χ2n) is 4.98. The van der Waals surface area contributed by atoms with Crippen molar-refractivity contribution in [2.45, 2.75) is 25.8 Å². The summed E-state index contributed by atoms with van der Waals surface area (Å²) in [6, 6.07) is 0.674. The Labute approximate surface area is 97.8 Å². The van der Waals surface area contributed by atoms with Gasteiger partial charge in [0.15, 0.2) is 0 Å². The largest absolute Gasteiger partial charge is 0.367 e. The third-order valence-corrected chi connectivity index (χ3v) is 3.46. The molecule has 90 valence electrons. The van der Waals surface area contributed by atoms with Crippen LogP contribution in [0.1, 0.15) is 18.5 Å². The maximum Gasteiger partial charge on any atom is 0.0827 e. The van der Waals surface area contributed by atoms with E-state index in [9.17, 15) is 0 Å². The van der Waals surface area contributed by atoms with Crippen LogP contribution in [-0.2, 0) is 7.05 Å². The van der Waals surface area contributed by atoms with Crippen molar-refractivity contribution in [3.63, 3.8) is 0 Å². The average molecular weight is 222 g/mol. The fourth-order valence-corrected chi connectivity index (χ4v) is 2.49. The second kappa shape index (κ2) is 4.45. The maximum atomic E-state index is 4.42. The molecule has 4 nitrogen and oxygen atoms in total. The smallest absolute Gasteiger partial charge is 0.0827 e. The van der Waals surface area contributed by atoms with Gasteiger partial charge in [-0.25, -0.2) is 0 Å². The summed E-state index contributed by atoms with van der Waals surface area (Å²) in [5.41, 5.74) is 2.44. The lowest BCUT2D eigenvalue weighted by Gasteiger charge is -2.37. The van der Waals surface area contributed by atoms with E-state index in [0.717, 1.165) is 18.8 Å². The fourth-order valence-electron chi connectivity index (χ4n) is 2.49. The molecule has 1 aromatic heterocycles. The Kier molecular flexibility index (Phi) is 3.19. The Hall–Kier alpha value is -1.03. The van der Waals surface area contributed by atoms with Gasteiger partial charge in [-0.15, -0.1) is 0 Å². The number of likely N-dealkylation sites (N-methyl/N-ethyl adjacent to an activating group) is 1. The molecule has 1 aliphatic rings. The van der Waals surface area contributed by atoms with Gasteiger partial charge < -0.3 is 9.80 Å². The van der Waals surface area contributed by atoms with Gasteiger partial charge in [0.1, 0.15) is 0 Å². The van der Waals surface area contributed by atoms with E-state index in [0.29, 0.717) is 6.04 Å². The summed E-state index contributed by atoms with van der Waals surface area (Å²) in [5, 5.41) is 4.42. The van der Waals surface area contributed by atoms with Crippen LogP contribution in [0.2, 0.25) is 0 Å². The lowest BCUT2D eigenvalue weighted by Crippen LogP contribution is -2.45. The minimum atomic E-state index is 0.674. The Bertz CT molecular complexity index is 356. The molecule has 4 heteroatoms. The van der Waals surface area contributed by atoms with Gasteiger partial charge in [-0.3, -0.25) is 4.68 Å². The summed E-state index contributed by atoms with van der Waals surface area (Å²) in [6.45, 7) is 4.38. The normalized spacial score (nSPS) is 21.8. The second-order valence-corrected chi connectivity index (χ2v) is 4.98. The van der Waals surface area contributed by atoms with Crippen molar-refractivity contribution in [2.75, 3.05) is 32.1 Å². The number of aryl methyl sites for hydroxylation is 2. The predicted octanol–water partition coefficient (Wildman–Crippen LogP) is 1.26. The van der Waals surface area contributed by atoms with E-state index in [1.807, 2.05) is 11.7 Å². The number of nitrogens with zero attached hydrogens (tertiary/aromatic N) is 4. The summed E-state index contributed by atoms with van der Waals surface area (Å²) in [4.78, 5) is 4.80. The summed E-state index contributed by atoms with van der Waals surface area (Å²) < 4.78 is 1.91. The number of piperidine rings is 1. The molecule has 2 rings (SSSR count). The van der Waals surface area contributed by atoms with Crippen LogP contribution in [-0.4, -0.2) is 47.9 Å². The van der Waals surface area contributed by atoms with Crippen LogP contribution in [0.3, 0.4) is 0 Å². The summed E-state index contributed by atoms with van der Waals surface area (Å²) >= 11 is 0. The number of hydrogen-bond acceptors (Lipinski definition) is 3. The molecule has 0 saturated carbocycles. The molecule has 0 radical (unpaired) electrons. The Morgan fingerprint density at radius 3 is 2.75 bits per heavy atom. The molecule has 2 heterocycles. The molecule has 1 saturated heterocycles. The minimum Gasteiger partial charge on any atom is -0.367 e. The van der Waals surface area contributed by atoms with Crippen LogP contribution in [0.15, 0.2) is 6.20 Å². The van der Waals surface area contributed by atoms with Gasteiger partial charge in [0, 0.05) is 32.4 Å². The van der Waals surface area contributed by atoms with Gasteiger partial charge in [-0.05, 0) is 33.9 Å². The van der Waals surface area contributed by atoms with Gasteiger partial charge in [0.25, 0.3) is 0 Å². The zero-order chi connectivity index (χ0) is 11.7. The minimum absolute atomic E-state index is 0.674. The molecule has 0 N–H and O–H groups in total. The average Bonchev–Trinajstić information content (AvgIpc) is 2.58. The molecule has 1 aliphatic heterocycles. The highest BCUT2D eigenvalue weighted by Crippen LogP contribution is 2.23. The van der Waals surface area contributed by atoms with Crippen molar-refractivity contribution in [3.05, 3.63) is 11.9 Å². The van der Waals surface area contributed by atoms with Crippen LogP contribution in [0.4, 0.5) is 5.69 Å². The first-order chi connectivity index (χ1) is 7.58. The van der Waals surface area contributed by atoms with Crippen LogP contribution < -0.4 is 4.90 Å².